The maximum absolute atomic E-state index is 12.8. The molecule has 1 aromatic heterocycles. The van der Waals surface area contributed by atoms with Gasteiger partial charge in [0.15, 0.2) is 0 Å². The molecule has 2 N–H and O–H groups in total. The molecule has 1 fully saturated rings. The number of likely N-dealkylation sites (tertiary alicyclic amines) is 1. The Balaban J connectivity index is 1.37. The summed E-state index contributed by atoms with van der Waals surface area (Å²) in [4.78, 5) is 31.6. The number of carbonyl (C=O) groups is 2. The van der Waals surface area contributed by atoms with Crippen LogP contribution in [0.1, 0.15) is 51.1 Å². The Bertz CT molecular complexity index is 1060. The largest absolute Gasteiger partial charge is 0.348 e. The monoisotopic (exact) mass is 428 g/mol. The van der Waals surface area contributed by atoms with Crippen molar-refractivity contribution in [2.45, 2.75) is 32.4 Å². The Kier molecular flexibility index (Phi) is 7.25. The first-order valence-electron chi connectivity index (χ1n) is 11.1. The van der Waals surface area contributed by atoms with Gasteiger partial charge < -0.3 is 10.6 Å². The molecule has 32 heavy (non-hydrogen) atoms. The van der Waals surface area contributed by atoms with Crippen LogP contribution in [-0.2, 0) is 13.1 Å². The molecule has 0 bridgehead atoms. The Hall–Kier alpha value is -3.51. The number of nitrogens with zero attached hydrogens (tertiary/aromatic N) is 2. The van der Waals surface area contributed by atoms with E-state index in [1.165, 1.54) is 31.0 Å². The number of aromatic nitrogens is 1. The molecule has 6 heteroatoms. The number of amides is 2. The first-order valence-corrected chi connectivity index (χ1v) is 11.1. The maximum atomic E-state index is 12.8. The van der Waals surface area contributed by atoms with Gasteiger partial charge in [-0.05, 0) is 67.4 Å². The number of hydrogen-bond donors (Lipinski definition) is 2. The summed E-state index contributed by atoms with van der Waals surface area (Å²) in [5, 5.41) is 5.84. The second-order valence-electron chi connectivity index (χ2n) is 8.06. The summed E-state index contributed by atoms with van der Waals surface area (Å²) in [6.07, 6.45) is 6.95. The molecule has 1 saturated heterocycles. The summed E-state index contributed by atoms with van der Waals surface area (Å²) in [5.74, 6) is -0.433. The van der Waals surface area contributed by atoms with E-state index in [0.717, 1.165) is 25.2 Å². The number of nitrogens with one attached hydrogen (secondary N) is 2. The summed E-state index contributed by atoms with van der Waals surface area (Å²) in [5.41, 5.74) is 3.92. The molecule has 6 nitrogen and oxygen atoms in total. The van der Waals surface area contributed by atoms with Gasteiger partial charge in [0, 0.05) is 36.7 Å². The minimum absolute atomic E-state index is 0.171. The number of piperidine rings is 1. The van der Waals surface area contributed by atoms with E-state index in [1.54, 1.807) is 42.6 Å². The molecule has 0 spiro atoms. The average Bonchev–Trinajstić information content (AvgIpc) is 2.84. The lowest BCUT2D eigenvalue weighted by Crippen LogP contribution is -2.30. The van der Waals surface area contributed by atoms with Gasteiger partial charge in [-0.25, -0.2) is 0 Å². The number of pyridine rings is 1. The lowest BCUT2D eigenvalue weighted by Gasteiger charge is -2.27. The summed E-state index contributed by atoms with van der Waals surface area (Å²) in [7, 11) is 0. The van der Waals surface area contributed by atoms with Gasteiger partial charge in [-0.15, -0.1) is 0 Å². The standard InChI is InChI=1S/C26H28N4O2/c31-25(20-10-6-12-24(16-20)29-26(32)22-11-7-13-27-17-22)28-18-21-8-2-3-9-23(21)19-30-14-4-1-5-15-30/h2-3,6-13,16-17H,1,4-5,14-15,18-19H2,(H,28,31)(H,29,32). The highest BCUT2D eigenvalue weighted by atomic mass is 16.2. The molecular formula is C26H28N4O2. The van der Waals surface area contributed by atoms with Crippen LogP contribution in [0.15, 0.2) is 73.1 Å². The van der Waals surface area contributed by atoms with Gasteiger partial charge in [-0.3, -0.25) is 19.5 Å². The third-order valence-electron chi connectivity index (χ3n) is 5.71. The molecule has 0 radical (unpaired) electrons. The molecule has 0 saturated carbocycles. The summed E-state index contributed by atoms with van der Waals surface area (Å²) >= 11 is 0. The van der Waals surface area contributed by atoms with Crippen molar-refractivity contribution in [3.8, 4) is 0 Å². The van der Waals surface area contributed by atoms with Crippen LogP contribution < -0.4 is 10.6 Å². The van der Waals surface area contributed by atoms with Crippen molar-refractivity contribution in [3.05, 3.63) is 95.3 Å². The lowest BCUT2D eigenvalue weighted by atomic mass is 10.0. The van der Waals surface area contributed by atoms with Crippen LogP contribution in [-0.4, -0.2) is 34.8 Å². The van der Waals surface area contributed by atoms with Crippen molar-refractivity contribution in [1.29, 1.82) is 0 Å². The average molecular weight is 429 g/mol. The van der Waals surface area contributed by atoms with E-state index in [-0.39, 0.29) is 11.8 Å². The van der Waals surface area contributed by atoms with Crippen molar-refractivity contribution in [2.75, 3.05) is 18.4 Å². The topological polar surface area (TPSA) is 74.3 Å². The van der Waals surface area contributed by atoms with Crippen LogP contribution in [0.5, 0.6) is 0 Å². The molecule has 1 aliphatic rings. The summed E-state index contributed by atoms with van der Waals surface area (Å²) < 4.78 is 0. The maximum Gasteiger partial charge on any atom is 0.257 e. The number of hydrogen-bond acceptors (Lipinski definition) is 4. The van der Waals surface area contributed by atoms with Crippen LogP contribution >= 0.6 is 0 Å². The number of benzene rings is 2. The third kappa shape index (κ3) is 5.80. The Labute approximate surface area is 188 Å². The van der Waals surface area contributed by atoms with E-state index < -0.39 is 0 Å². The Morgan fingerprint density at radius 1 is 0.844 bits per heavy atom. The molecule has 2 aromatic carbocycles. The van der Waals surface area contributed by atoms with Gasteiger partial charge >= 0.3 is 0 Å². The van der Waals surface area contributed by atoms with Crippen molar-refractivity contribution in [1.82, 2.24) is 15.2 Å². The molecule has 0 unspecified atom stereocenters. The van der Waals surface area contributed by atoms with E-state index in [4.69, 9.17) is 0 Å². The van der Waals surface area contributed by atoms with Crippen LogP contribution in [0.2, 0.25) is 0 Å². The minimum Gasteiger partial charge on any atom is -0.348 e. The summed E-state index contributed by atoms with van der Waals surface area (Å²) in [6, 6.07) is 18.6. The predicted molar refractivity (Wildman–Crippen MR) is 125 cm³/mol. The highest BCUT2D eigenvalue weighted by Gasteiger charge is 2.14. The second kappa shape index (κ2) is 10.7. The second-order valence-corrected chi connectivity index (χ2v) is 8.06. The first kappa shape index (κ1) is 21.7. The smallest absolute Gasteiger partial charge is 0.257 e. The number of anilines is 1. The zero-order valence-electron chi connectivity index (χ0n) is 18.1. The molecule has 164 valence electrons. The van der Waals surface area contributed by atoms with Crippen LogP contribution in [0.25, 0.3) is 0 Å². The van der Waals surface area contributed by atoms with Crippen LogP contribution in [0.3, 0.4) is 0 Å². The van der Waals surface area contributed by atoms with E-state index in [1.807, 2.05) is 6.07 Å². The highest BCUT2D eigenvalue weighted by Crippen LogP contribution is 2.17. The fourth-order valence-corrected chi connectivity index (χ4v) is 3.96. The third-order valence-corrected chi connectivity index (χ3v) is 5.71. The molecule has 2 amide bonds. The molecule has 2 heterocycles. The summed E-state index contributed by atoms with van der Waals surface area (Å²) in [6.45, 7) is 3.66. The van der Waals surface area contributed by atoms with Gasteiger partial charge in [0.25, 0.3) is 11.8 Å². The molecular weight excluding hydrogens is 400 g/mol. The Morgan fingerprint density at radius 3 is 2.41 bits per heavy atom. The molecule has 0 aliphatic carbocycles. The van der Waals surface area contributed by atoms with Gasteiger partial charge in [0.1, 0.15) is 0 Å². The molecule has 3 aromatic rings. The van der Waals surface area contributed by atoms with E-state index in [2.05, 4.69) is 38.7 Å². The molecule has 0 atom stereocenters. The molecule has 4 rings (SSSR count). The van der Waals surface area contributed by atoms with Gasteiger partial charge in [-0.2, -0.15) is 0 Å². The van der Waals surface area contributed by atoms with E-state index in [0.29, 0.717) is 23.4 Å². The quantitative estimate of drug-likeness (QED) is 0.590. The zero-order chi connectivity index (χ0) is 22.2. The SMILES string of the molecule is O=C(NCc1ccccc1CN1CCCCC1)c1cccc(NC(=O)c2cccnc2)c1. The fraction of sp³-hybridized carbons (Fsp3) is 0.269. The van der Waals surface area contributed by atoms with Gasteiger partial charge in [0.2, 0.25) is 0 Å². The van der Waals surface area contributed by atoms with Crippen molar-refractivity contribution in [2.24, 2.45) is 0 Å². The number of carbonyl (C=O) groups excluding carboxylic acids is 2. The normalized spacial score (nSPS) is 14.0. The highest BCUT2D eigenvalue weighted by molar-refractivity contribution is 6.04. The zero-order valence-corrected chi connectivity index (χ0v) is 18.1. The van der Waals surface area contributed by atoms with Crippen molar-refractivity contribution >= 4 is 17.5 Å². The van der Waals surface area contributed by atoms with E-state index >= 15 is 0 Å². The lowest BCUT2D eigenvalue weighted by molar-refractivity contribution is 0.0949. The van der Waals surface area contributed by atoms with Crippen molar-refractivity contribution in [3.63, 3.8) is 0 Å². The molecule has 1 aliphatic heterocycles. The minimum atomic E-state index is -0.262. The Morgan fingerprint density at radius 2 is 1.62 bits per heavy atom. The van der Waals surface area contributed by atoms with Crippen LogP contribution in [0.4, 0.5) is 5.69 Å². The number of rotatable bonds is 7. The fourth-order valence-electron chi connectivity index (χ4n) is 3.96. The predicted octanol–water partition coefficient (Wildman–Crippen LogP) is 4.25. The first-order chi connectivity index (χ1) is 15.7. The van der Waals surface area contributed by atoms with Gasteiger partial charge in [-0.1, -0.05) is 36.8 Å². The van der Waals surface area contributed by atoms with Gasteiger partial charge in [0.05, 0.1) is 5.56 Å². The van der Waals surface area contributed by atoms with E-state index in [9.17, 15) is 9.59 Å². The van der Waals surface area contributed by atoms with Crippen LogP contribution in [0, 0.1) is 0 Å². The van der Waals surface area contributed by atoms with Crippen molar-refractivity contribution < 1.29 is 9.59 Å².